The van der Waals surface area contributed by atoms with Crippen molar-refractivity contribution in [1.29, 1.82) is 0 Å². The minimum atomic E-state index is -2.32. The normalized spacial score (nSPS) is 24.4. The second kappa shape index (κ2) is 9.55. The van der Waals surface area contributed by atoms with E-state index in [2.05, 4.69) is 29.1 Å². The lowest BCUT2D eigenvalue weighted by Crippen LogP contribution is -2.45. The third-order valence-corrected chi connectivity index (χ3v) is 7.47. The van der Waals surface area contributed by atoms with Crippen LogP contribution in [0.2, 0.25) is 5.02 Å². The Kier molecular flexibility index (Phi) is 6.28. The van der Waals surface area contributed by atoms with Gasteiger partial charge in [0.1, 0.15) is 0 Å². The predicted molar refractivity (Wildman–Crippen MR) is 147 cm³/mol. The van der Waals surface area contributed by atoms with Crippen LogP contribution in [0.15, 0.2) is 53.0 Å². The Labute approximate surface area is 229 Å². The van der Waals surface area contributed by atoms with Gasteiger partial charge in [-0.15, -0.1) is 0 Å². The topological polar surface area (TPSA) is 136 Å². The van der Waals surface area contributed by atoms with Gasteiger partial charge in [0, 0.05) is 34.0 Å². The van der Waals surface area contributed by atoms with Crippen molar-refractivity contribution in [2.75, 3.05) is 25.7 Å². The molecule has 2 aliphatic rings. The first-order chi connectivity index (χ1) is 18.6. The number of hydrogen-bond donors (Lipinski definition) is 2. The highest BCUT2D eigenvalue weighted by molar-refractivity contribution is 7.92. The monoisotopic (exact) mass is 567 g/mol. The summed E-state index contributed by atoms with van der Waals surface area (Å²) in [5.74, 6) is 0.418. The summed E-state index contributed by atoms with van der Waals surface area (Å²) in [5.41, 5.74) is 2.84. The van der Waals surface area contributed by atoms with E-state index in [0.29, 0.717) is 27.7 Å². The van der Waals surface area contributed by atoms with E-state index in [9.17, 15) is 9.32 Å². The van der Waals surface area contributed by atoms with E-state index in [0.717, 1.165) is 16.7 Å². The van der Waals surface area contributed by atoms with Crippen LogP contribution in [0.5, 0.6) is 6.01 Å². The molecule has 0 spiro atoms. The summed E-state index contributed by atoms with van der Waals surface area (Å²) in [6.07, 6.45) is 2.54. The van der Waals surface area contributed by atoms with Crippen molar-refractivity contribution in [2.45, 2.75) is 24.0 Å². The molecule has 0 unspecified atom stereocenters. The number of benzene rings is 1. The molecule has 0 aliphatic carbocycles. The molecule has 3 aromatic heterocycles. The number of rotatable bonds is 5. The van der Waals surface area contributed by atoms with E-state index in [1.807, 2.05) is 30.3 Å². The zero-order valence-corrected chi connectivity index (χ0v) is 22.5. The van der Waals surface area contributed by atoms with Gasteiger partial charge in [-0.25, -0.2) is 14.2 Å². The van der Waals surface area contributed by atoms with E-state index >= 15 is 0 Å². The largest absolute Gasteiger partial charge is 0.456 e. The smallest absolute Gasteiger partial charge is 0.442 e. The number of ether oxygens (including phenoxy) is 3. The average molecular weight is 568 g/mol. The number of halogens is 1. The van der Waals surface area contributed by atoms with Gasteiger partial charge in [-0.3, -0.25) is 4.74 Å². The average Bonchev–Trinajstić information content (AvgIpc) is 3.56. The zero-order valence-electron chi connectivity index (χ0n) is 20.9. The van der Waals surface area contributed by atoms with Crippen LogP contribution in [0.1, 0.15) is 0 Å². The molecule has 4 aromatic rings. The predicted octanol–water partition coefficient (Wildman–Crippen LogP) is 3.90. The molecule has 0 saturated carbocycles. The number of nitrogens with zero attached hydrogens (tertiary/aromatic N) is 5. The standard InChI is InChI=1S/C26H24ClN6O5S/c1-28-26-20(34)13-36-23(26)19(12-37-26)38-25-30-18-11-17(27)22(31-24(18)32-25)15-6-4-14(5-7-15)16-8-9-29-21(10-16)33-39(2,3)35/h1,4-11,19-20,23,34H,12-13H2,2-3H3,(H,30,31,32)/q+1/t19-,20-,23-,26-/m1/s1. The van der Waals surface area contributed by atoms with Crippen LogP contribution in [0.3, 0.4) is 0 Å². The number of fused-ring (bicyclic) bond motifs is 2. The second-order valence-corrected chi connectivity index (χ2v) is 12.6. The summed E-state index contributed by atoms with van der Waals surface area (Å²) in [6, 6.07) is 13.3. The number of aliphatic hydroxyl groups excluding tert-OH is 1. The molecule has 0 amide bonds. The van der Waals surface area contributed by atoms with Crippen LogP contribution >= 0.6 is 11.6 Å². The number of H-pyrrole nitrogens is 1. The molecular formula is C26H24ClN6O5S+. The zero-order chi connectivity index (χ0) is 27.4. The summed E-state index contributed by atoms with van der Waals surface area (Å²) in [6.45, 7) is 5.68. The number of hydrogen-bond acceptors (Lipinski definition) is 9. The van der Waals surface area contributed by atoms with E-state index in [4.69, 9.17) is 32.4 Å². The number of nitrogens with one attached hydrogen (secondary N) is 1. The van der Waals surface area contributed by atoms with Gasteiger partial charge in [-0.2, -0.15) is 9.35 Å². The van der Waals surface area contributed by atoms with Crippen LogP contribution < -0.4 is 4.74 Å². The third-order valence-electron chi connectivity index (χ3n) is 6.56. The highest BCUT2D eigenvalue weighted by atomic mass is 35.5. The Morgan fingerprint density at radius 1 is 1.18 bits per heavy atom. The molecule has 11 nitrogen and oxygen atoms in total. The van der Waals surface area contributed by atoms with Crippen molar-refractivity contribution in [2.24, 2.45) is 4.36 Å². The fourth-order valence-electron chi connectivity index (χ4n) is 4.76. The van der Waals surface area contributed by atoms with Gasteiger partial charge in [0.15, 0.2) is 23.7 Å². The second-order valence-electron chi connectivity index (χ2n) is 9.60. The first-order valence-electron chi connectivity index (χ1n) is 12.0. The molecule has 39 heavy (non-hydrogen) atoms. The van der Waals surface area contributed by atoms with Crippen LogP contribution in [-0.4, -0.2) is 79.0 Å². The maximum atomic E-state index is 12.0. The van der Waals surface area contributed by atoms with Gasteiger partial charge >= 0.3 is 5.72 Å². The number of aliphatic hydroxyl groups is 1. The molecule has 2 N–H and O–H groups in total. The Hall–Kier alpha value is -3.60. The summed E-state index contributed by atoms with van der Waals surface area (Å²) in [5, 5.41) is 10.6. The van der Waals surface area contributed by atoms with Crippen molar-refractivity contribution >= 4 is 38.3 Å². The Morgan fingerprint density at radius 2 is 1.95 bits per heavy atom. The van der Waals surface area contributed by atoms with E-state index in [1.165, 1.54) is 0 Å². The van der Waals surface area contributed by atoms with Gasteiger partial charge in [-0.1, -0.05) is 35.9 Å². The molecule has 4 atom stereocenters. The first-order valence-corrected chi connectivity index (χ1v) is 14.7. The van der Waals surface area contributed by atoms with Crippen LogP contribution in [0.4, 0.5) is 5.82 Å². The maximum Gasteiger partial charge on any atom is 0.442 e. The third kappa shape index (κ3) is 4.73. The molecule has 200 valence electrons. The Bertz CT molecular complexity index is 1740. The molecule has 1 aromatic carbocycles. The van der Waals surface area contributed by atoms with Crippen molar-refractivity contribution in [1.82, 2.24) is 19.9 Å². The molecule has 0 bridgehead atoms. The quantitative estimate of drug-likeness (QED) is 0.370. The minimum Gasteiger partial charge on any atom is -0.456 e. The summed E-state index contributed by atoms with van der Waals surface area (Å²) in [4.78, 5) is 20.1. The van der Waals surface area contributed by atoms with Gasteiger partial charge in [0.25, 0.3) is 12.6 Å². The molecule has 5 heterocycles. The van der Waals surface area contributed by atoms with E-state index in [1.54, 1.807) is 30.8 Å². The summed E-state index contributed by atoms with van der Waals surface area (Å²) >= 11 is 6.59. The molecule has 2 fully saturated rings. The summed E-state index contributed by atoms with van der Waals surface area (Å²) < 4.78 is 33.5. The van der Waals surface area contributed by atoms with Gasteiger partial charge < -0.3 is 19.6 Å². The lowest BCUT2D eigenvalue weighted by Gasteiger charge is -2.15. The van der Waals surface area contributed by atoms with Crippen molar-refractivity contribution in [3.8, 4) is 35.0 Å². The van der Waals surface area contributed by atoms with Gasteiger partial charge in [-0.05, 0) is 34.2 Å². The van der Waals surface area contributed by atoms with E-state index in [-0.39, 0.29) is 19.2 Å². The fraction of sp³-hybridized carbons (Fsp3) is 0.308. The van der Waals surface area contributed by atoms with Crippen LogP contribution in [0.25, 0.3) is 38.4 Å². The van der Waals surface area contributed by atoms with Gasteiger partial charge in [0.05, 0.1) is 29.4 Å². The Balaban J connectivity index is 1.25. The number of pyridine rings is 2. The highest BCUT2D eigenvalue weighted by Gasteiger charge is 2.70. The van der Waals surface area contributed by atoms with Crippen LogP contribution in [-0.2, 0) is 19.2 Å². The Morgan fingerprint density at radius 3 is 2.69 bits per heavy atom. The molecule has 2 aliphatic heterocycles. The van der Waals surface area contributed by atoms with Crippen molar-refractivity contribution in [3.05, 3.63) is 58.5 Å². The highest BCUT2D eigenvalue weighted by Crippen LogP contribution is 2.40. The van der Waals surface area contributed by atoms with Crippen molar-refractivity contribution < 1.29 is 23.5 Å². The lowest BCUT2D eigenvalue weighted by molar-refractivity contribution is -0.0417. The number of imidazole rings is 1. The fourth-order valence-corrected chi connectivity index (χ4v) is 5.57. The number of aromatic nitrogens is 4. The summed E-state index contributed by atoms with van der Waals surface area (Å²) in [7, 11) is -2.32. The molecule has 2 saturated heterocycles. The van der Waals surface area contributed by atoms with E-state index < -0.39 is 33.8 Å². The van der Waals surface area contributed by atoms with Gasteiger partial charge in [0.2, 0.25) is 6.10 Å². The first kappa shape index (κ1) is 25.7. The number of aromatic amines is 1. The van der Waals surface area contributed by atoms with Crippen molar-refractivity contribution in [3.63, 3.8) is 0 Å². The molecule has 0 radical (unpaired) electrons. The van der Waals surface area contributed by atoms with Crippen LogP contribution in [0, 0.1) is 6.57 Å². The molecule has 6 rings (SSSR count). The molecule has 13 heteroatoms. The molecular weight excluding hydrogens is 544 g/mol. The maximum absolute atomic E-state index is 12.0. The lowest BCUT2D eigenvalue weighted by atomic mass is 10.0. The minimum absolute atomic E-state index is 0.0432. The SMILES string of the molecule is C#[N+][C@]12OC[C@@H](Oc3nc4nc(-c5ccc(-c6ccnc(N=S(C)(C)=O)c6)cc5)c(Cl)cc4[nH]3)[C@H]1OC[C@H]2O.